The quantitative estimate of drug-likeness (QED) is 0.654. The molecule has 0 aliphatic carbocycles. The van der Waals surface area contributed by atoms with Crippen LogP contribution in [0.3, 0.4) is 0 Å². The van der Waals surface area contributed by atoms with Crippen LogP contribution in [0, 0.1) is 17.8 Å². The maximum absolute atomic E-state index is 12.3. The summed E-state index contributed by atoms with van der Waals surface area (Å²) in [5.41, 5.74) is 2.21. The minimum Gasteiger partial charge on any atom is -0.508 e. The van der Waals surface area contributed by atoms with Crippen LogP contribution in [0.5, 0.6) is 5.75 Å². The maximum atomic E-state index is 12.3. The average molecular weight is 466 g/mol. The summed E-state index contributed by atoms with van der Waals surface area (Å²) < 4.78 is 1.97. The Morgan fingerprint density at radius 1 is 0.971 bits per heavy atom. The molecule has 3 aliphatic heterocycles. The summed E-state index contributed by atoms with van der Waals surface area (Å²) in [5, 5.41) is 19.7. The first-order valence-corrected chi connectivity index (χ1v) is 12.6. The van der Waals surface area contributed by atoms with Crippen molar-refractivity contribution >= 4 is 5.97 Å². The molecule has 182 valence electrons. The maximum Gasteiger partial charge on any atom is 0.303 e. The highest BCUT2D eigenvalue weighted by atomic mass is 16.4. The molecule has 2 aromatic rings. The van der Waals surface area contributed by atoms with E-state index in [0.29, 0.717) is 30.0 Å². The molecule has 0 radical (unpaired) electrons. The van der Waals surface area contributed by atoms with E-state index in [2.05, 4.69) is 15.9 Å². The lowest BCUT2D eigenvalue weighted by molar-refractivity contribution is -0.139. The van der Waals surface area contributed by atoms with Gasteiger partial charge in [-0.15, -0.1) is 0 Å². The topological polar surface area (TPSA) is 86.0 Å². The zero-order valence-corrected chi connectivity index (χ0v) is 19.7. The van der Waals surface area contributed by atoms with Crippen LogP contribution in [0.2, 0.25) is 0 Å². The Morgan fingerprint density at radius 3 is 2.65 bits per heavy atom. The number of para-hydroxylation sites is 1. The van der Waals surface area contributed by atoms with Crippen molar-refractivity contribution < 1.29 is 15.0 Å². The lowest BCUT2D eigenvalue weighted by Crippen LogP contribution is -2.48. The Hall–Kier alpha value is -2.64. The monoisotopic (exact) mass is 465 g/mol. The summed E-state index contributed by atoms with van der Waals surface area (Å²) in [5.74, 6) is 1.05. The van der Waals surface area contributed by atoms with E-state index in [0.717, 1.165) is 64.1 Å². The number of carbonyl (C=O) groups is 1. The van der Waals surface area contributed by atoms with Gasteiger partial charge in [0.1, 0.15) is 5.75 Å². The van der Waals surface area contributed by atoms with Crippen LogP contribution in [0.1, 0.15) is 42.9 Å². The molecule has 0 saturated carbocycles. The first kappa shape index (κ1) is 23.1. The molecule has 4 atom stereocenters. The number of phenols is 1. The number of aliphatic carboxylic acids is 1. The van der Waals surface area contributed by atoms with E-state index < -0.39 is 5.97 Å². The number of aromatic hydroxyl groups is 1. The van der Waals surface area contributed by atoms with Gasteiger partial charge in [-0.05, 0) is 62.2 Å². The number of fused-ring (bicyclic) bond motifs is 4. The fourth-order valence-electron chi connectivity index (χ4n) is 6.53. The first-order valence-electron chi connectivity index (χ1n) is 12.6. The summed E-state index contributed by atoms with van der Waals surface area (Å²) in [6, 6.07) is 13.1. The van der Waals surface area contributed by atoms with Crippen LogP contribution in [0.15, 0.2) is 47.3 Å². The molecule has 0 amide bonds. The Morgan fingerprint density at radius 2 is 1.82 bits per heavy atom. The predicted molar refractivity (Wildman–Crippen MR) is 130 cm³/mol. The zero-order valence-electron chi connectivity index (χ0n) is 19.7. The number of hydrogen-bond donors (Lipinski definition) is 2. The molecule has 3 aliphatic rings. The Balaban J connectivity index is 1.23. The Labute approximate surface area is 200 Å². The molecule has 5 rings (SSSR count). The van der Waals surface area contributed by atoms with E-state index >= 15 is 0 Å². The Kier molecular flexibility index (Phi) is 6.75. The normalized spacial score (nSPS) is 27.3. The molecule has 2 fully saturated rings. The van der Waals surface area contributed by atoms with E-state index in [4.69, 9.17) is 0 Å². The highest BCUT2D eigenvalue weighted by molar-refractivity contribution is 5.67. The second-order valence-corrected chi connectivity index (χ2v) is 10.5. The van der Waals surface area contributed by atoms with Crippen LogP contribution in [0.25, 0.3) is 0 Å². The summed E-state index contributed by atoms with van der Waals surface area (Å²) in [7, 11) is 0. The van der Waals surface area contributed by atoms with Gasteiger partial charge < -0.3 is 19.7 Å². The smallest absolute Gasteiger partial charge is 0.303 e. The van der Waals surface area contributed by atoms with Gasteiger partial charge in [0.05, 0.1) is 0 Å². The SMILES string of the molecule is O=C(O)CC1CCN(Cc2ccccc2O)CC1CCN1CC2CC(C1)c1cccc(=O)n1C2. The second-order valence-electron chi connectivity index (χ2n) is 10.5. The minimum absolute atomic E-state index is 0.115. The number of carboxylic acids is 1. The number of benzene rings is 1. The largest absolute Gasteiger partial charge is 0.508 e. The van der Waals surface area contributed by atoms with Gasteiger partial charge in [0.25, 0.3) is 5.56 Å². The molecule has 7 nitrogen and oxygen atoms in total. The number of aromatic nitrogens is 1. The standard InChI is InChI=1S/C27H35N3O4/c31-25-6-2-1-4-22(25)17-29-10-8-20(13-27(33)34)21(16-29)9-11-28-14-19-12-23(18-28)24-5-3-7-26(32)30(24)15-19/h1-7,19-21,23,31H,8-18H2,(H,33,34). The summed E-state index contributed by atoms with van der Waals surface area (Å²) in [4.78, 5) is 28.7. The molecule has 4 unspecified atom stereocenters. The van der Waals surface area contributed by atoms with Crippen molar-refractivity contribution in [3.63, 3.8) is 0 Å². The van der Waals surface area contributed by atoms with Crippen LogP contribution in [-0.4, -0.2) is 63.3 Å². The van der Waals surface area contributed by atoms with Crippen LogP contribution < -0.4 is 5.56 Å². The van der Waals surface area contributed by atoms with E-state index in [1.807, 2.05) is 28.8 Å². The molecule has 2 bridgehead atoms. The average Bonchev–Trinajstić information content (AvgIpc) is 2.81. The molecule has 0 spiro atoms. The van der Waals surface area contributed by atoms with E-state index in [9.17, 15) is 19.8 Å². The molecule has 2 N–H and O–H groups in total. The van der Waals surface area contributed by atoms with E-state index in [-0.39, 0.29) is 17.9 Å². The lowest BCUT2D eigenvalue weighted by atomic mass is 9.80. The van der Waals surface area contributed by atoms with Crippen LogP contribution in [0.4, 0.5) is 0 Å². The fraction of sp³-hybridized carbons (Fsp3) is 0.556. The predicted octanol–water partition coefficient (Wildman–Crippen LogP) is 2.98. The number of piperidine rings is 2. The number of likely N-dealkylation sites (tertiary alicyclic amines) is 2. The third-order valence-electron chi connectivity index (χ3n) is 8.17. The number of hydrogen-bond acceptors (Lipinski definition) is 5. The highest BCUT2D eigenvalue weighted by Crippen LogP contribution is 2.36. The molecule has 1 aromatic carbocycles. The minimum atomic E-state index is -0.710. The van der Waals surface area contributed by atoms with E-state index in [1.54, 1.807) is 12.1 Å². The second kappa shape index (κ2) is 9.92. The van der Waals surface area contributed by atoms with Crippen molar-refractivity contribution in [3.8, 4) is 5.75 Å². The van der Waals surface area contributed by atoms with Gasteiger partial charge >= 0.3 is 5.97 Å². The summed E-state index contributed by atoms with van der Waals surface area (Å²) in [6.07, 6.45) is 3.25. The van der Waals surface area contributed by atoms with Crippen molar-refractivity contribution in [2.24, 2.45) is 17.8 Å². The van der Waals surface area contributed by atoms with E-state index in [1.165, 1.54) is 5.69 Å². The number of phenolic OH excluding ortho intramolecular Hbond substituents is 1. The van der Waals surface area contributed by atoms with Crippen molar-refractivity contribution in [2.75, 3.05) is 32.7 Å². The number of rotatable bonds is 7. The van der Waals surface area contributed by atoms with Gasteiger partial charge in [0.2, 0.25) is 0 Å². The van der Waals surface area contributed by atoms with Crippen molar-refractivity contribution in [3.05, 3.63) is 64.1 Å². The van der Waals surface area contributed by atoms with Gasteiger partial charge in [0.15, 0.2) is 0 Å². The summed E-state index contributed by atoms with van der Waals surface area (Å²) in [6.45, 7) is 6.18. The fourth-order valence-corrected chi connectivity index (χ4v) is 6.53. The number of pyridine rings is 1. The van der Waals surface area contributed by atoms with Crippen molar-refractivity contribution in [1.82, 2.24) is 14.4 Å². The van der Waals surface area contributed by atoms with Crippen molar-refractivity contribution in [1.29, 1.82) is 0 Å². The van der Waals surface area contributed by atoms with Crippen molar-refractivity contribution in [2.45, 2.75) is 44.7 Å². The van der Waals surface area contributed by atoms with Crippen LogP contribution in [-0.2, 0) is 17.9 Å². The van der Waals surface area contributed by atoms with Gasteiger partial charge in [-0.25, -0.2) is 0 Å². The Bertz CT molecular complexity index is 1080. The van der Waals surface area contributed by atoms with Gasteiger partial charge in [-0.3, -0.25) is 14.5 Å². The molecule has 4 heterocycles. The number of carboxylic acid groups (broad SMARTS) is 1. The molecule has 34 heavy (non-hydrogen) atoms. The first-order chi connectivity index (χ1) is 16.5. The van der Waals surface area contributed by atoms with Crippen LogP contribution >= 0.6 is 0 Å². The van der Waals surface area contributed by atoms with Gasteiger partial charge in [-0.1, -0.05) is 24.3 Å². The molecular weight excluding hydrogens is 430 g/mol. The highest BCUT2D eigenvalue weighted by Gasteiger charge is 2.36. The molecule has 7 heteroatoms. The third kappa shape index (κ3) is 5.05. The van der Waals surface area contributed by atoms with Gasteiger partial charge in [-0.2, -0.15) is 0 Å². The summed E-state index contributed by atoms with van der Waals surface area (Å²) >= 11 is 0. The zero-order chi connectivity index (χ0) is 23.7. The van der Waals surface area contributed by atoms with Gasteiger partial charge in [0, 0.05) is 62.4 Å². The third-order valence-corrected chi connectivity index (χ3v) is 8.17. The molecule has 1 aromatic heterocycles. The molecular formula is C27H35N3O4. The lowest BCUT2D eigenvalue weighted by Gasteiger charge is -2.44. The molecule has 2 saturated heterocycles. The number of nitrogens with zero attached hydrogens (tertiary/aromatic N) is 3.